The minimum Gasteiger partial charge on any atom is -0.329 e. The molecule has 1 heterocycles. The minimum atomic E-state index is -3.03. The average molecular weight is 315 g/mol. The van der Waals surface area contributed by atoms with Crippen LogP contribution in [-0.2, 0) is 9.84 Å². The Hall–Kier alpha value is -0.170. The lowest BCUT2D eigenvalue weighted by atomic mass is 9.93. The van der Waals surface area contributed by atoms with Gasteiger partial charge in [-0.15, -0.1) is 0 Å². The van der Waals surface area contributed by atoms with E-state index in [1.165, 1.54) is 25.6 Å². The van der Waals surface area contributed by atoms with Crippen LogP contribution in [0.1, 0.15) is 32.1 Å². The van der Waals surface area contributed by atoms with Crippen molar-refractivity contribution in [1.82, 2.24) is 9.80 Å². The third kappa shape index (κ3) is 3.14. The monoisotopic (exact) mass is 315 g/mol. The SMILES string of the molecule is CS(=O)(=O)C1CCCC1(CN)N1CCN(CC2CC2)CC1. The fourth-order valence-electron chi connectivity index (χ4n) is 4.40. The molecule has 0 aromatic rings. The molecule has 2 atom stereocenters. The van der Waals surface area contributed by atoms with Crippen molar-refractivity contribution in [3.8, 4) is 0 Å². The van der Waals surface area contributed by atoms with Crippen molar-refractivity contribution in [3.63, 3.8) is 0 Å². The zero-order valence-electron chi connectivity index (χ0n) is 13.1. The van der Waals surface area contributed by atoms with Gasteiger partial charge in [0, 0.05) is 51.1 Å². The highest BCUT2D eigenvalue weighted by atomic mass is 32.2. The maximum Gasteiger partial charge on any atom is 0.152 e. The largest absolute Gasteiger partial charge is 0.329 e. The zero-order chi connectivity index (χ0) is 15.1. The van der Waals surface area contributed by atoms with Gasteiger partial charge in [0.15, 0.2) is 9.84 Å². The van der Waals surface area contributed by atoms with Crippen molar-refractivity contribution in [2.24, 2.45) is 11.7 Å². The average Bonchev–Trinajstić information content (AvgIpc) is 3.14. The van der Waals surface area contributed by atoms with Crippen LogP contribution in [-0.4, -0.2) is 74.5 Å². The second-order valence-corrected chi connectivity index (χ2v) is 9.48. The molecule has 2 N–H and O–H groups in total. The first kappa shape index (κ1) is 15.7. The number of piperazine rings is 1. The lowest BCUT2D eigenvalue weighted by Crippen LogP contribution is -2.64. The quantitative estimate of drug-likeness (QED) is 0.791. The van der Waals surface area contributed by atoms with Gasteiger partial charge in [0.1, 0.15) is 0 Å². The van der Waals surface area contributed by atoms with Crippen LogP contribution in [0.3, 0.4) is 0 Å². The van der Waals surface area contributed by atoms with Crippen LogP contribution in [0.2, 0.25) is 0 Å². The molecule has 0 spiro atoms. The summed E-state index contributed by atoms with van der Waals surface area (Å²) in [6.45, 7) is 5.77. The van der Waals surface area contributed by atoms with Gasteiger partial charge in [0.05, 0.1) is 5.25 Å². The van der Waals surface area contributed by atoms with E-state index in [4.69, 9.17) is 5.73 Å². The molecule has 1 aliphatic heterocycles. The Kier molecular flexibility index (Phi) is 4.34. The number of sulfone groups is 1. The highest BCUT2D eigenvalue weighted by molar-refractivity contribution is 7.91. The van der Waals surface area contributed by atoms with Gasteiger partial charge in [-0.25, -0.2) is 8.42 Å². The smallest absolute Gasteiger partial charge is 0.152 e. The number of hydrogen-bond donors (Lipinski definition) is 1. The first-order chi connectivity index (χ1) is 9.95. The van der Waals surface area contributed by atoms with E-state index in [-0.39, 0.29) is 10.8 Å². The minimum absolute atomic E-state index is 0.273. The molecule has 3 fully saturated rings. The topological polar surface area (TPSA) is 66.6 Å². The van der Waals surface area contributed by atoms with E-state index in [1.807, 2.05) is 0 Å². The summed E-state index contributed by atoms with van der Waals surface area (Å²) >= 11 is 0. The zero-order valence-corrected chi connectivity index (χ0v) is 13.9. The molecule has 2 aliphatic carbocycles. The molecule has 3 rings (SSSR count). The maximum absolute atomic E-state index is 12.2. The summed E-state index contributed by atoms with van der Waals surface area (Å²) in [6, 6.07) is 0. The van der Waals surface area contributed by atoms with Crippen LogP contribution in [0.15, 0.2) is 0 Å². The van der Waals surface area contributed by atoms with E-state index in [0.29, 0.717) is 6.54 Å². The van der Waals surface area contributed by atoms with Crippen molar-refractivity contribution in [3.05, 3.63) is 0 Å². The Bertz CT molecular complexity index is 469. The molecule has 2 saturated carbocycles. The molecular formula is C15H29N3O2S. The summed E-state index contributed by atoms with van der Waals surface area (Å²) in [6.07, 6.45) is 6.86. The van der Waals surface area contributed by atoms with Gasteiger partial charge < -0.3 is 10.6 Å². The normalized spacial score (nSPS) is 36.2. The van der Waals surface area contributed by atoms with E-state index in [1.54, 1.807) is 0 Å². The van der Waals surface area contributed by atoms with Gasteiger partial charge in [-0.1, -0.05) is 6.42 Å². The second kappa shape index (κ2) is 5.80. The third-order valence-electron chi connectivity index (χ3n) is 5.76. The van der Waals surface area contributed by atoms with Gasteiger partial charge >= 0.3 is 0 Å². The summed E-state index contributed by atoms with van der Waals surface area (Å²) < 4.78 is 24.4. The summed E-state index contributed by atoms with van der Waals surface area (Å²) in [7, 11) is -3.03. The highest BCUT2D eigenvalue weighted by Crippen LogP contribution is 2.39. The lowest BCUT2D eigenvalue weighted by molar-refractivity contribution is 0.0398. The fourth-order valence-corrected chi connectivity index (χ4v) is 6.16. The van der Waals surface area contributed by atoms with Crippen LogP contribution in [0.25, 0.3) is 0 Å². The molecule has 3 aliphatic rings. The summed E-state index contributed by atoms with van der Waals surface area (Å²) in [5.41, 5.74) is 5.79. The molecule has 0 bridgehead atoms. The second-order valence-electron chi connectivity index (χ2n) is 7.25. The molecule has 0 aromatic heterocycles. The predicted octanol–water partition coefficient (Wildman–Crippen LogP) is 0.309. The number of hydrogen-bond acceptors (Lipinski definition) is 5. The van der Waals surface area contributed by atoms with Crippen LogP contribution in [0.4, 0.5) is 0 Å². The summed E-state index contributed by atoms with van der Waals surface area (Å²) in [5.74, 6) is 0.926. The van der Waals surface area contributed by atoms with Crippen LogP contribution in [0, 0.1) is 5.92 Å². The van der Waals surface area contributed by atoms with E-state index in [0.717, 1.165) is 51.4 Å². The molecule has 0 aromatic carbocycles. The van der Waals surface area contributed by atoms with Gasteiger partial charge in [-0.05, 0) is 31.6 Å². The van der Waals surface area contributed by atoms with Crippen molar-refractivity contribution in [2.45, 2.75) is 42.9 Å². The predicted molar refractivity (Wildman–Crippen MR) is 85.0 cm³/mol. The summed E-state index contributed by atoms with van der Waals surface area (Å²) in [5, 5.41) is -0.273. The summed E-state index contributed by atoms with van der Waals surface area (Å²) in [4.78, 5) is 4.94. The van der Waals surface area contributed by atoms with Crippen molar-refractivity contribution in [2.75, 3.05) is 45.5 Å². The highest BCUT2D eigenvalue weighted by Gasteiger charge is 2.51. The standard InChI is InChI=1S/C15H29N3O2S/c1-21(19,20)14-3-2-6-15(14,12-16)18-9-7-17(8-10-18)11-13-4-5-13/h13-14H,2-12,16H2,1H3. The van der Waals surface area contributed by atoms with E-state index in [9.17, 15) is 8.42 Å². The molecule has 6 heteroatoms. The molecule has 5 nitrogen and oxygen atoms in total. The van der Waals surface area contributed by atoms with Crippen molar-refractivity contribution < 1.29 is 8.42 Å². The van der Waals surface area contributed by atoms with Gasteiger partial charge in [-0.3, -0.25) is 4.90 Å². The van der Waals surface area contributed by atoms with Gasteiger partial charge in [0.2, 0.25) is 0 Å². The first-order valence-electron chi connectivity index (χ1n) is 8.32. The maximum atomic E-state index is 12.2. The molecule has 1 saturated heterocycles. The van der Waals surface area contributed by atoms with E-state index in [2.05, 4.69) is 9.80 Å². The fraction of sp³-hybridized carbons (Fsp3) is 1.00. The van der Waals surface area contributed by atoms with Crippen molar-refractivity contribution >= 4 is 9.84 Å². The molecule has 2 unspecified atom stereocenters. The van der Waals surface area contributed by atoms with Crippen LogP contribution >= 0.6 is 0 Å². The lowest BCUT2D eigenvalue weighted by Gasteiger charge is -2.48. The third-order valence-corrected chi connectivity index (χ3v) is 7.47. The molecular weight excluding hydrogens is 286 g/mol. The Morgan fingerprint density at radius 3 is 2.33 bits per heavy atom. The van der Waals surface area contributed by atoms with E-state index >= 15 is 0 Å². The Balaban J connectivity index is 1.68. The molecule has 122 valence electrons. The number of nitrogens with zero attached hydrogens (tertiary/aromatic N) is 2. The molecule has 0 radical (unpaired) electrons. The Labute approximate surface area is 128 Å². The Morgan fingerprint density at radius 1 is 1.14 bits per heavy atom. The molecule has 0 amide bonds. The van der Waals surface area contributed by atoms with Gasteiger partial charge in [-0.2, -0.15) is 0 Å². The number of nitrogens with two attached hydrogens (primary N) is 1. The van der Waals surface area contributed by atoms with Gasteiger partial charge in [0.25, 0.3) is 0 Å². The van der Waals surface area contributed by atoms with E-state index < -0.39 is 9.84 Å². The molecule has 21 heavy (non-hydrogen) atoms. The van der Waals surface area contributed by atoms with Crippen LogP contribution in [0.5, 0.6) is 0 Å². The Morgan fingerprint density at radius 2 is 1.81 bits per heavy atom. The number of rotatable bonds is 5. The first-order valence-corrected chi connectivity index (χ1v) is 10.3. The van der Waals surface area contributed by atoms with Crippen molar-refractivity contribution in [1.29, 1.82) is 0 Å². The van der Waals surface area contributed by atoms with Crippen LogP contribution < -0.4 is 5.73 Å².